The third-order valence-corrected chi connectivity index (χ3v) is 3.68. The molecule has 3 aromatic rings. The van der Waals surface area contributed by atoms with Crippen molar-refractivity contribution in [2.75, 3.05) is 0 Å². The molecule has 1 aromatic carbocycles. The fourth-order valence-electron chi connectivity index (χ4n) is 2.28. The maximum absolute atomic E-state index is 12.7. The Balaban J connectivity index is 2.10. The number of ether oxygens (including phenoxy) is 1. The predicted molar refractivity (Wildman–Crippen MR) is 87.0 cm³/mol. The van der Waals surface area contributed by atoms with Crippen LogP contribution in [0.4, 0.5) is 13.2 Å². The van der Waals surface area contributed by atoms with Gasteiger partial charge in [-0.2, -0.15) is 13.2 Å². The van der Waals surface area contributed by atoms with E-state index in [2.05, 4.69) is 4.98 Å². The van der Waals surface area contributed by atoms with Crippen LogP contribution < -0.4 is 10.4 Å². The number of benzene rings is 1. The summed E-state index contributed by atoms with van der Waals surface area (Å²) in [5, 5.41) is 0.122. The minimum Gasteiger partial charge on any atom is -0.427 e. The van der Waals surface area contributed by atoms with Crippen LogP contribution in [0.25, 0.3) is 22.2 Å². The molecule has 2 aromatic heterocycles. The van der Waals surface area contributed by atoms with Crippen molar-refractivity contribution in [2.24, 2.45) is 0 Å². The van der Waals surface area contributed by atoms with Crippen LogP contribution in [0.2, 0.25) is 5.02 Å². The van der Waals surface area contributed by atoms with E-state index in [1.165, 1.54) is 31.2 Å². The van der Waals surface area contributed by atoms with Gasteiger partial charge in [-0.25, -0.2) is 4.79 Å². The van der Waals surface area contributed by atoms with Crippen LogP contribution in [0.5, 0.6) is 5.75 Å². The van der Waals surface area contributed by atoms with Crippen LogP contribution in [0.1, 0.15) is 12.5 Å². The molecule has 134 valence electrons. The van der Waals surface area contributed by atoms with Gasteiger partial charge in [-0.3, -0.25) is 9.78 Å². The van der Waals surface area contributed by atoms with E-state index < -0.39 is 23.3 Å². The Morgan fingerprint density at radius 1 is 1.23 bits per heavy atom. The molecule has 0 saturated heterocycles. The molecule has 26 heavy (non-hydrogen) atoms. The van der Waals surface area contributed by atoms with E-state index in [0.29, 0.717) is 17.6 Å². The van der Waals surface area contributed by atoms with Gasteiger partial charge in [0.15, 0.2) is 0 Å². The van der Waals surface area contributed by atoms with E-state index in [1.54, 1.807) is 0 Å². The first-order valence-electron chi connectivity index (χ1n) is 7.14. The number of carbonyl (C=O) groups is 1. The summed E-state index contributed by atoms with van der Waals surface area (Å²) in [4.78, 5) is 26.8. The van der Waals surface area contributed by atoms with Gasteiger partial charge in [0.05, 0.1) is 21.8 Å². The summed E-state index contributed by atoms with van der Waals surface area (Å²) in [6, 6.07) is 6.44. The maximum Gasteiger partial charge on any atom is 0.417 e. The van der Waals surface area contributed by atoms with Crippen LogP contribution in [0, 0.1) is 0 Å². The lowest BCUT2D eigenvalue weighted by Gasteiger charge is -2.09. The SMILES string of the molecule is CC(=O)Oc1ccc2cc(-c3ncc(C(F)(F)F)cc3Cl)c(=O)oc2c1. The van der Waals surface area contributed by atoms with E-state index in [1.807, 2.05) is 0 Å². The molecule has 3 rings (SSSR count). The number of rotatable bonds is 2. The molecule has 0 atom stereocenters. The molecule has 0 amide bonds. The van der Waals surface area contributed by atoms with Gasteiger partial charge in [0.1, 0.15) is 11.3 Å². The van der Waals surface area contributed by atoms with Crippen LogP contribution >= 0.6 is 11.6 Å². The predicted octanol–water partition coefficient (Wildman–Crippen LogP) is 4.45. The van der Waals surface area contributed by atoms with Crippen molar-refractivity contribution in [3.63, 3.8) is 0 Å². The van der Waals surface area contributed by atoms with Gasteiger partial charge in [0, 0.05) is 24.6 Å². The third-order valence-electron chi connectivity index (χ3n) is 3.39. The average molecular weight is 384 g/mol. The molecule has 0 aliphatic rings. The molecule has 0 spiro atoms. The van der Waals surface area contributed by atoms with Crippen molar-refractivity contribution in [1.82, 2.24) is 4.98 Å². The lowest BCUT2D eigenvalue weighted by atomic mass is 10.1. The van der Waals surface area contributed by atoms with E-state index in [0.717, 1.165) is 0 Å². The molecule has 5 nitrogen and oxygen atoms in total. The smallest absolute Gasteiger partial charge is 0.417 e. The zero-order chi connectivity index (χ0) is 19.1. The molecular weight excluding hydrogens is 375 g/mol. The first kappa shape index (κ1) is 17.9. The van der Waals surface area contributed by atoms with E-state index in [9.17, 15) is 22.8 Å². The normalized spacial score (nSPS) is 11.6. The van der Waals surface area contributed by atoms with Gasteiger partial charge in [0.2, 0.25) is 0 Å². The summed E-state index contributed by atoms with van der Waals surface area (Å²) in [5.74, 6) is -0.351. The van der Waals surface area contributed by atoms with Gasteiger partial charge in [-0.05, 0) is 24.3 Å². The summed E-state index contributed by atoms with van der Waals surface area (Å²) in [7, 11) is 0. The zero-order valence-corrected chi connectivity index (χ0v) is 13.8. The first-order chi connectivity index (χ1) is 12.1. The Hall–Kier alpha value is -2.87. The summed E-state index contributed by atoms with van der Waals surface area (Å²) < 4.78 is 48.2. The van der Waals surface area contributed by atoms with E-state index in [-0.39, 0.29) is 27.6 Å². The number of hydrogen-bond acceptors (Lipinski definition) is 5. The molecule has 2 heterocycles. The average Bonchev–Trinajstić information content (AvgIpc) is 2.53. The van der Waals surface area contributed by atoms with Gasteiger partial charge < -0.3 is 9.15 Å². The molecule has 0 saturated carbocycles. The number of carbonyl (C=O) groups excluding carboxylic acids is 1. The second-order valence-corrected chi connectivity index (χ2v) is 5.70. The van der Waals surface area contributed by atoms with Crippen LogP contribution in [-0.4, -0.2) is 11.0 Å². The van der Waals surface area contributed by atoms with Crippen LogP contribution in [0.15, 0.2) is 45.7 Å². The second kappa shape index (κ2) is 6.45. The Kier molecular flexibility index (Phi) is 4.45. The van der Waals surface area contributed by atoms with Gasteiger partial charge in [-0.1, -0.05) is 11.6 Å². The lowest BCUT2D eigenvalue weighted by molar-refractivity contribution is -0.137. The van der Waals surface area contributed by atoms with Crippen molar-refractivity contribution >= 4 is 28.5 Å². The number of halogens is 4. The fourth-order valence-corrected chi connectivity index (χ4v) is 2.55. The van der Waals surface area contributed by atoms with Gasteiger partial charge >= 0.3 is 17.8 Å². The minimum absolute atomic E-state index is 0.0866. The molecule has 0 aliphatic heterocycles. The molecular formula is C17H9ClF3NO4. The number of pyridine rings is 1. The highest BCUT2D eigenvalue weighted by Gasteiger charge is 2.32. The van der Waals surface area contributed by atoms with Crippen LogP contribution in [-0.2, 0) is 11.0 Å². The molecule has 0 bridgehead atoms. The van der Waals surface area contributed by atoms with Crippen molar-refractivity contribution in [2.45, 2.75) is 13.1 Å². The standard InChI is InChI=1S/C17H9ClF3NO4/c1-8(23)25-11-3-2-9-4-12(16(24)26-14(9)6-11)15-13(18)5-10(7-22-15)17(19,20)21/h2-7H,1H3. The highest BCUT2D eigenvalue weighted by molar-refractivity contribution is 6.33. The quantitative estimate of drug-likeness (QED) is 0.371. The number of hydrogen-bond donors (Lipinski definition) is 0. The van der Waals surface area contributed by atoms with E-state index in [4.69, 9.17) is 20.8 Å². The molecule has 0 unspecified atom stereocenters. The van der Waals surface area contributed by atoms with Gasteiger partial charge in [-0.15, -0.1) is 0 Å². The molecule has 0 aliphatic carbocycles. The number of fused-ring (bicyclic) bond motifs is 1. The fraction of sp³-hybridized carbons (Fsp3) is 0.118. The lowest BCUT2D eigenvalue weighted by Crippen LogP contribution is -2.08. The molecule has 0 radical (unpaired) electrons. The van der Waals surface area contributed by atoms with E-state index >= 15 is 0 Å². The minimum atomic E-state index is -4.60. The number of esters is 1. The van der Waals surface area contributed by atoms with Crippen molar-refractivity contribution in [3.8, 4) is 17.0 Å². The van der Waals surface area contributed by atoms with Crippen LogP contribution in [0.3, 0.4) is 0 Å². The number of nitrogens with zero attached hydrogens (tertiary/aromatic N) is 1. The maximum atomic E-state index is 12.7. The summed E-state index contributed by atoms with van der Waals surface area (Å²) >= 11 is 5.88. The Labute approximate surface area is 149 Å². The summed E-state index contributed by atoms with van der Waals surface area (Å²) in [6.45, 7) is 1.22. The summed E-state index contributed by atoms with van der Waals surface area (Å²) in [5.41, 5.74) is -1.94. The number of aromatic nitrogens is 1. The Bertz CT molecular complexity index is 1080. The third kappa shape index (κ3) is 3.55. The molecule has 0 fully saturated rings. The molecule has 9 heteroatoms. The van der Waals surface area contributed by atoms with Gasteiger partial charge in [0.25, 0.3) is 0 Å². The first-order valence-corrected chi connectivity index (χ1v) is 7.52. The second-order valence-electron chi connectivity index (χ2n) is 5.29. The van der Waals surface area contributed by atoms with Crippen molar-refractivity contribution in [1.29, 1.82) is 0 Å². The highest BCUT2D eigenvalue weighted by atomic mass is 35.5. The number of alkyl halides is 3. The molecule has 0 N–H and O–H groups in total. The zero-order valence-electron chi connectivity index (χ0n) is 13.1. The topological polar surface area (TPSA) is 69.4 Å². The Morgan fingerprint density at radius 3 is 2.58 bits per heavy atom. The Morgan fingerprint density at radius 2 is 1.96 bits per heavy atom. The van der Waals surface area contributed by atoms with Crippen molar-refractivity contribution < 1.29 is 27.1 Å². The summed E-state index contributed by atoms with van der Waals surface area (Å²) in [6.07, 6.45) is -4.01. The highest BCUT2D eigenvalue weighted by Crippen LogP contribution is 2.34. The van der Waals surface area contributed by atoms with Crippen molar-refractivity contribution in [3.05, 3.63) is 57.5 Å². The largest absolute Gasteiger partial charge is 0.427 e. The monoisotopic (exact) mass is 383 g/mol.